The number of hydrogen-bond acceptors (Lipinski definition) is 0. The topological polar surface area (TPSA) is 0 Å². The Kier molecular flexibility index (Phi) is 3.34. The average molecular weight is 293 g/mol. The van der Waals surface area contributed by atoms with E-state index in [4.69, 9.17) is 0 Å². The van der Waals surface area contributed by atoms with Crippen LogP contribution in [0.25, 0.3) is 0 Å². The quantitative estimate of drug-likeness (QED) is 0.737. The first-order valence-corrected chi connectivity index (χ1v) is 6.33. The van der Waals surface area contributed by atoms with E-state index in [9.17, 15) is 4.39 Å². The van der Waals surface area contributed by atoms with Crippen LogP contribution in [0.1, 0.15) is 25.0 Å². The van der Waals surface area contributed by atoms with Gasteiger partial charge in [-0.15, -0.1) is 0 Å². The van der Waals surface area contributed by atoms with Crippen LogP contribution in [0, 0.1) is 5.82 Å². The largest absolute Gasteiger partial charge is 0.207 e. The molecular weight excluding hydrogens is 279 g/mol. The van der Waals surface area contributed by atoms with Gasteiger partial charge in [0, 0.05) is 9.89 Å². The van der Waals surface area contributed by atoms with E-state index in [-0.39, 0.29) is 11.2 Å². The van der Waals surface area contributed by atoms with E-state index in [2.05, 4.69) is 15.9 Å². The monoisotopic (exact) mass is 292 g/mol. The minimum Gasteiger partial charge on any atom is -0.207 e. The smallest absolute Gasteiger partial charge is 0.127 e. The maximum Gasteiger partial charge on any atom is 0.127 e. The second-order valence-electron chi connectivity index (χ2n) is 4.58. The highest BCUT2D eigenvalue weighted by Gasteiger charge is 2.27. The van der Waals surface area contributed by atoms with Crippen LogP contribution < -0.4 is 0 Å². The summed E-state index contributed by atoms with van der Waals surface area (Å²) < 4.78 is 14.9. The van der Waals surface area contributed by atoms with Crippen molar-refractivity contribution in [1.29, 1.82) is 0 Å². The van der Waals surface area contributed by atoms with Crippen LogP contribution in [0.3, 0.4) is 0 Å². The molecule has 0 saturated carbocycles. The zero-order valence-electron chi connectivity index (χ0n) is 9.87. The van der Waals surface area contributed by atoms with Gasteiger partial charge in [-0.1, -0.05) is 66.2 Å². The number of halogens is 2. The van der Waals surface area contributed by atoms with Crippen molar-refractivity contribution in [2.45, 2.75) is 19.3 Å². The highest BCUT2D eigenvalue weighted by Crippen LogP contribution is 2.36. The van der Waals surface area contributed by atoms with Gasteiger partial charge in [0.25, 0.3) is 0 Å². The molecule has 2 rings (SSSR count). The second-order valence-corrected chi connectivity index (χ2v) is 5.44. The second kappa shape index (κ2) is 4.61. The molecule has 0 heterocycles. The average Bonchev–Trinajstić information content (AvgIpc) is 2.29. The Morgan fingerprint density at radius 3 is 2.00 bits per heavy atom. The van der Waals surface area contributed by atoms with Crippen LogP contribution in [0.15, 0.2) is 53.0 Å². The minimum atomic E-state index is -0.356. The predicted molar refractivity (Wildman–Crippen MR) is 72.7 cm³/mol. The third-order valence-corrected chi connectivity index (χ3v) is 3.79. The molecule has 17 heavy (non-hydrogen) atoms. The molecule has 88 valence electrons. The van der Waals surface area contributed by atoms with Gasteiger partial charge in [0.1, 0.15) is 5.82 Å². The van der Waals surface area contributed by atoms with E-state index in [1.807, 2.05) is 50.2 Å². The summed E-state index contributed by atoms with van der Waals surface area (Å²) in [5.74, 6) is -0.159. The molecular formula is C15H14BrF. The predicted octanol–water partition coefficient (Wildman–Crippen LogP) is 4.91. The molecule has 0 nitrogen and oxygen atoms in total. The third kappa shape index (κ3) is 2.27. The molecule has 0 atom stereocenters. The summed E-state index contributed by atoms with van der Waals surface area (Å²) in [6.45, 7) is 4.07. The molecule has 0 radical (unpaired) electrons. The van der Waals surface area contributed by atoms with Crippen molar-refractivity contribution in [3.05, 3.63) is 69.9 Å². The lowest BCUT2D eigenvalue weighted by atomic mass is 9.78. The minimum absolute atomic E-state index is 0.159. The van der Waals surface area contributed by atoms with Gasteiger partial charge in [-0.05, 0) is 23.3 Å². The van der Waals surface area contributed by atoms with E-state index < -0.39 is 0 Å². The molecule has 0 N–H and O–H groups in total. The zero-order valence-corrected chi connectivity index (χ0v) is 11.5. The molecule has 0 unspecified atom stereocenters. The Hall–Kier alpha value is -1.15. The molecule has 0 saturated heterocycles. The van der Waals surface area contributed by atoms with Gasteiger partial charge in [0.2, 0.25) is 0 Å². The van der Waals surface area contributed by atoms with Gasteiger partial charge in [-0.2, -0.15) is 0 Å². The molecule has 0 aliphatic carbocycles. The molecule has 2 heteroatoms. The summed E-state index contributed by atoms with van der Waals surface area (Å²) in [7, 11) is 0. The standard InChI is InChI=1S/C15H14BrF/c1-15(2,11-7-3-5-9-13(11)16)12-8-4-6-10-14(12)17/h3-10H,1-2H3. The lowest BCUT2D eigenvalue weighted by molar-refractivity contribution is 0.547. The molecule has 0 aromatic heterocycles. The van der Waals surface area contributed by atoms with E-state index in [1.54, 1.807) is 6.07 Å². The SMILES string of the molecule is CC(C)(c1ccccc1F)c1ccccc1Br. The third-order valence-electron chi connectivity index (χ3n) is 3.09. The Morgan fingerprint density at radius 1 is 0.882 bits per heavy atom. The highest BCUT2D eigenvalue weighted by molar-refractivity contribution is 9.10. The Bertz CT molecular complexity index is 484. The lowest BCUT2D eigenvalue weighted by Crippen LogP contribution is -2.21. The van der Waals surface area contributed by atoms with Gasteiger partial charge in [-0.25, -0.2) is 4.39 Å². The van der Waals surface area contributed by atoms with Crippen LogP contribution in [-0.4, -0.2) is 0 Å². The first-order chi connectivity index (χ1) is 8.03. The fourth-order valence-corrected chi connectivity index (χ4v) is 2.86. The maximum atomic E-state index is 13.9. The molecule has 0 amide bonds. The Balaban J connectivity index is 2.58. The summed E-state index contributed by atoms with van der Waals surface area (Å²) in [6, 6.07) is 14.9. The molecule has 2 aromatic rings. The highest BCUT2D eigenvalue weighted by atomic mass is 79.9. The van der Waals surface area contributed by atoms with Gasteiger partial charge in [0.05, 0.1) is 0 Å². The number of rotatable bonds is 2. The Morgan fingerprint density at radius 2 is 1.41 bits per heavy atom. The molecule has 0 bridgehead atoms. The van der Waals surface area contributed by atoms with Crippen molar-refractivity contribution < 1.29 is 4.39 Å². The summed E-state index contributed by atoms with van der Waals surface area (Å²) >= 11 is 3.53. The van der Waals surface area contributed by atoms with Crippen LogP contribution in [0.5, 0.6) is 0 Å². The van der Waals surface area contributed by atoms with Crippen molar-refractivity contribution in [2.24, 2.45) is 0 Å². The van der Waals surface area contributed by atoms with Crippen LogP contribution >= 0.6 is 15.9 Å². The summed E-state index contributed by atoms with van der Waals surface area (Å²) in [4.78, 5) is 0. The lowest BCUT2D eigenvalue weighted by Gasteiger charge is -2.27. The van der Waals surface area contributed by atoms with E-state index in [0.717, 1.165) is 10.0 Å². The zero-order chi connectivity index (χ0) is 12.5. The number of benzene rings is 2. The van der Waals surface area contributed by atoms with Crippen LogP contribution in [0.2, 0.25) is 0 Å². The van der Waals surface area contributed by atoms with Crippen molar-refractivity contribution >= 4 is 15.9 Å². The first-order valence-electron chi connectivity index (χ1n) is 5.53. The fourth-order valence-electron chi connectivity index (χ4n) is 2.08. The van der Waals surface area contributed by atoms with Crippen molar-refractivity contribution in [3.63, 3.8) is 0 Å². The van der Waals surface area contributed by atoms with Gasteiger partial charge >= 0.3 is 0 Å². The van der Waals surface area contributed by atoms with Gasteiger partial charge in [-0.3, -0.25) is 0 Å². The van der Waals surface area contributed by atoms with Crippen LogP contribution in [0.4, 0.5) is 4.39 Å². The maximum absolute atomic E-state index is 13.9. The van der Waals surface area contributed by atoms with Gasteiger partial charge < -0.3 is 0 Å². The summed E-state index contributed by atoms with van der Waals surface area (Å²) in [5.41, 5.74) is 1.45. The van der Waals surface area contributed by atoms with E-state index in [1.165, 1.54) is 6.07 Å². The first kappa shape index (κ1) is 12.3. The Labute approximate surface area is 110 Å². The number of hydrogen-bond donors (Lipinski definition) is 0. The van der Waals surface area contributed by atoms with E-state index in [0.29, 0.717) is 5.56 Å². The van der Waals surface area contributed by atoms with Crippen molar-refractivity contribution in [3.8, 4) is 0 Å². The fraction of sp³-hybridized carbons (Fsp3) is 0.200. The van der Waals surface area contributed by atoms with Crippen molar-refractivity contribution in [2.75, 3.05) is 0 Å². The molecule has 0 fully saturated rings. The normalized spacial score (nSPS) is 11.5. The van der Waals surface area contributed by atoms with Crippen molar-refractivity contribution in [1.82, 2.24) is 0 Å². The summed E-state index contributed by atoms with van der Waals surface area (Å²) in [6.07, 6.45) is 0. The summed E-state index contributed by atoms with van der Waals surface area (Å²) in [5, 5.41) is 0. The van der Waals surface area contributed by atoms with Gasteiger partial charge in [0.15, 0.2) is 0 Å². The molecule has 0 aliphatic rings. The van der Waals surface area contributed by atoms with E-state index >= 15 is 0 Å². The van der Waals surface area contributed by atoms with Crippen LogP contribution in [-0.2, 0) is 5.41 Å². The molecule has 0 spiro atoms. The molecule has 0 aliphatic heterocycles. The molecule has 2 aromatic carbocycles.